The van der Waals surface area contributed by atoms with Gasteiger partial charge in [-0.3, -0.25) is 14.0 Å². The Kier molecular flexibility index (Phi) is 5.06. The van der Waals surface area contributed by atoms with Crippen LogP contribution >= 0.6 is 0 Å². The van der Waals surface area contributed by atoms with Gasteiger partial charge < -0.3 is 4.74 Å². The fourth-order valence-electron chi connectivity index (χ4n) is 3.14. The van der Waals surface area contributed by atoms with Gasteiger partial charge in [-0.05, 0) is 31.5 Å². The molecule has 0 aliphatic rings. The van der Waals surface area contributed by atoms with E-state index < -0.39 is 0 Å². The maximum absolute atomic E-state index is 12.7. The second-order valence-corrected chi connectivity index (χ2v) is 7.21. The molecule has 4 aromatic rings. The molecule has 0 bridgehead atoms. The molecule has 0 aliphatic heterocycles. The lowest BCUT2D eigenvalue weighted by atomic mass is 10.1. The van der Waals surface area contributed by atoms with Crippen molar-refractivity contribution in [2.24, 2.45) is 7.05 Å². The summed E-state index contributed by atoms with van der Waals surface area (Å²) in [7, 11) is 1.63. The first-order valence-corrected chi connectivity index (χ1v) is 9.60. The maximum atomic E-state index is 12.7. The van der Waals surface area contributed by atoms with Crippen molar-refractivity contribution in [2.45, 2.75) is 32.9 Å². The van der Waals surface area contributed by atoms with E-state index in [-0.39, 0.29) is 17.6 Å². The van der Waals surface area contributed by atoms with Gasteiger partial charge in [0.15, 0.2) is 5.65 Å². The van der Waals surface area contributed by atoms with Crippen LogP contribution in [-0.2, 0) is 13.6 Å². The average Bonchev–Trinajstić information content (AvgIpc) is 3.38. The van der Waals surface area contributed by atoms with Crippen LogP contribution in [0.25, 0.3) is 22.2 Å². The highest BCUT2D eigenvalue weighted by Crippen LogP contribution is 2.25. The quantitative estimate of drug-likeness (QED) is 0.489. The topological polar surface area (TPSA) is 104 Å². The van der Waals surface area contributed by atoms with Crippen molar-refractivity contribution in [3.05, 3.63) is 53.2 Å². The van der Waals surface area contributed by atoms with Gasteiger partial charge in [0.05, 0.1) is 31.4 Å². The van der Waals surface area contributed by atoms with Crippen LogP contribution in [0, 0.1) is 11.3 Å². The molecule has 4 rings (SSSR count). The van der Waals surface area contributed by atoms with Crippen LogP contribution in [0.3, 0.4) is 0 Å². The Morgan fingerprint density at radius 3 is 2.60 bits per heavy atom. The van der Waals surface area contributed by atoms with E-state index in [1.807, 2.05) is 44.3 Å². The zero-order valence-electron chi connectivity index (χ0n) is 17.0. The minimum Gasteiger partial charge on any atom is -0.425 e. The summed E-state index contributed by atoms with van der Waals surface area (Å²) in [5.74, 6) is 0.563. The molecule has 152 valence electrons. The van der Waals surface area contributed by atoms with Crippen molar-refractivity contribution in [2.75, 3.05) is 0 Å². The molecule has 0 radical (unpaired) electrons. The molecule has 0 N–H and O–H groups in total. The van der Waals surface area contributed by atoms with E-state index in [1.165, 1.54) is 4.57 Å². The van der Waals surface area contributed by atoms with Crippen LogP contribution in [0.15, 0.2) is 47.7 Å². The number of hydrogen-bond acceptors (Lipinski definition) is 6. The van der Waals surface area contributed by atoms with Gasteiger partial charge in [-0.25, -0.2) is 4.68 Å². The Morgan fingerprint density at radius 2 is 1.90 bits per heavy atom. The first kappa shape index (κ1) is 19.4. The molecule has 0 spiro atoms. The average molecular weight is 403 g/mol. The Bertz CT molecular complexity index is 1290. The molecular weight excluding hydrogens is 382 g/mol. The van der Waals surface area contributed by atoms with Gasteiger partial charge in [0.2, 0.25) is 0 Å². The van der Waals surface area contributed by atoms with Crippen molar-refractivity contribution in [3.8, 4) is 29.0 Å². The van der Waals surface area contributed by atoms with Crippen molar-refractivity contribution in [3.63, 3.8) is 0 Å². The summed E-state index contributed by atoms with van der Waals surface area (Å²) in [6, 6.07) is 9.84. The lowest BCUT2D eigenvalue weighted by Crippen LogP contribution is -2.20. The maximum Gasteiger partial charge on any atom is 0.306 e. The highest BCUT2D eigenvalue weighted by atomic mass is 16.5. The fraction of sp³-hybridized carbons (Fsp3) is 0.286. The third-order valence-corrected chi connectivity index (χ3v) is 4.76. The second kappa shape index (κ2) is 7.83. The zero-order valence-corrected chi connectivity index (χ0v) is 17.0. The molecular formula is C21H21N7O2. The minimum absolute atomic E-state index is 0.0725. The van der Waals surface area contributed by atoms with Crippen LogP contribution in [0.2, 0.25) is 0 Å². The van der Waals surface area contributed by atoms with Crippen LogP contribution in [0.1, 0.15) is 26.3 Å². The van der Waals surface area contributed by atoms with Gasteiger partial charge in [0, 0.05) is 24.8 Å². The van der Waals surface area contributed by atoms with Crippen LogP contribution < -0.4 is 10.3 Å². The molecule has 9 nitrogen and oxygen atoms in total. The molecule has 0 saturated heterocycles. The lowest BCUT2D eigenvalue weighted by molar-refractivity contribution is 0.413. The number of nitriles is 1. The third-order valence-electron chi connectivity index (χ3n) is 4.76. The Balaban J connectivity index is 1.60. The molecule has 0 aliphatic carbocycles. The number of nitrogens with zero attached hydrogens (tertiary/aromatic N) is 7. The lowest BCUT2D eigenvalue weighted by Gasteiger charge is -2.11. The minimum atomic E-state index is -0.205. The van der Waals surface area contributed by atoms with E-state index in [0.717, 1.165) is 11.1 Å². The molecule has 0 unspecified atom stereocenters. The van der Waals surface area contributed by atoms with Crippen LogP contribution in [0.4, 0.5) is 0 Å². The fourth-order valence-corrected chi connectivity index (χ4v) is 3.14. The van der Waals surface area contributed by atoms with Crippen molar-refractivity contribution < 1.29 is 4.74 Å². The van der Waals surface area contributed by atoms with E-state index in [1.54, 1.807) is 28.8 Å². The largest absolute Gasteiger partial charge is 0.425 e. The summed E-state index contributed by atoms with van der Waals surface area (Å²) in [5.41, 5.74) is 2.22. The third kappa shape index (κ3) is 3.55. The van der Waals surface area contributed by atoms with Crippen LogP contribution in [0.5, 0.6) is 11.8 Å². The summed E-state index contributed by atoms with van der Waals surface area (Å²) in [5, 5.41) is 17.7. The van der Waals surface area contributed by atoms with Gasteiger partial charge in [0.25, 0.3) is 5.56 Å². The van der Waals surface area contributed by atoms with E-state index in [0.29, 0.717) is 29.7 Å². The number of hydrogen-bond donors (Lipinski definition) is 0. The Hall–Kier alpha value is -3.93. The zero-order chi connectivity index (χ0) is 21.3. The van der Waals surface area contributed by atoms with Gasteiger partial charge >= 0.3 is 6.01 Å². The summed E-state index contributed by atoms with van der Waals surface area (Å²) in [6.45, 7) is 4.52. The predicted molar refractivity (Wildman–Crippen MR) is 111 cm³/mol. The van der Waals surface area contributed by atoms with Gasteiger partial charge in [-0.2, -0.15) is 20.4 Å². The molecule has 0 saturated carbocycles. The number of rotatable bonds is 6. The molecule has 0 atom stereocenters. The number of benzene rings is 1. The second-order valence-electron chi connectivity index (χ2n) is 7.21. The number of aromatic nitrogens is 6. The number of aryl methyl sites for hydroxylation is 1. The first-order valence-electron chi connectivity index (χ1n) is 9.60. The summed E-state index contributed by atoms with van der Waals surface area (Å²) in [6.07, 6.45) is 5.62. The van der Waals surface area contributed by atoms with E-state index in [4.69, 9.17) is 10.00 Å². The highest BCUT2D eigenvalue weighted by Gasteiger charge is 2.16. The van der Waals surface area contributed by atoms with Crippen molar-refractivity contribution >= 4 is 11.0 Å². The molecule has 30 heavy (non-hydrogen) atoms. The Labute approximate surface area is 172 Å². The number of ether oxygens (including phenoxy) is 1. The summed E-state index contributed by atoms with van der Waals surface area (Å²) < 4.78 is 10.7. The van der Waals surface area contributed by atoms with Crippen LogP contribution in [-0.4, -0.2) is 29.1 Å². The highest BCUT2D eigenvalue weighted by molar-refractivity contribution is 5.73. The monoisotopic (exact) mass is 403 g/mol. The van der Waals surface area contributed by atoms with E-state index in [2.05, 4.69) is 21.3 Å². The first-order chi connectivity index (χ1) is 14.5. The normalized spacial score (nSPS) is 11.2. The predicted octanol–water partition coefficient (Wildman–Crippen LogP) is 3.28. The SMILES string of the molecule is CC(C)n1ncc2c(=O)n(C)c(Oc3ccc(-c4cnn(CCC#N)c4)cc3)nc21. The number of fused-ring (bicyclic) bond motifs is 1. The molecule has 0 amide bonds. The molecule has 3 heterocycles. The van der Waals surface area contributed by atoms with Gasteiger partial charge in [0.1, 0.15) is 11.1 Å². The summed E-state index contributed by atoms with van der Waals surface area (Å²) >= 11 is 0. The molecule has 0 fully saturated rings. The van der Waals surface area contributed by atoms with Gasteiger partial charge in [-0.1, -0.05) is 12.1 Å². The standard InChI is InChI=1S/C21H21N7O2/c1-14(2)28-19-18(12-24-28)20(29)26(3)21(25-19)30-17-7-5-15(6-8-17)16-11-23-27(13-16)10-4-9-22/h5-8,11-14H,4,10H2,1-3H3. The van der Waals surface area contributed by atoms with E-state index >= 15 is 0 Å². The molecule has 9 heteroatoms. The van der Waals surface area contributed by atoms with Gasteiger partial charge in [-0.15, -0.1) is 0 Å². The summed E-state index contributed by atoms with van der Waals surface area (Å²) in [4.78, 5) is 17.2. The molecule has 3 aromatic heterocycles. The molecule has 1 aromatic carbocycles. The van der Waals surface area contributed by atoms with Crippen molar-refractivity contribution in [1.82, 2.24) is 29.1 Å². The van der Waals surface area contributed by atoms with E-state index in [9.17, 15) is 4.79 Å². The Morgan fingerprint density at radius 1 is 1.13 bits per heavy atom. The van der Waals surface area contributed by atoms with Crippen molar-refractivity contribution in [1.29, 1.82) is 5.26 Å². The smallest absolute Gasteiger partial charge is 0.306 e.